The zero-order valence-electron chi connectivity index (χ0n) is 5.03. The van der Waals surface area contributed by atoms with Crippen molar-refractivity contribution in [2.45, 2.75) is 0 Å². The van der Waals surface area contributed by atoms with Crippen molar-refractivity contribution in [3.8, 4) is 0 Å². The van der Waals surface area contributed by atoms with Crippen LogP contribution in [-0.4, -0.2) is 29.9 Å². The highest BCUT2D eigenvalue weighted by molar-refractivity contribution is 5.92. The normalized spacial score (nSPS) is 18.6. The Morgan fingerprint density at radius 1 is 1.50 bits per heavy atom. The van der Waals surface area contributed by atoms with E-state index in [0.29, 0.717) is 5.01 Å². The van der Waals surface area contributed by atoms with Gasteiger partial charge in [-0.25, -0.2) is 0 Å². The molecule has 1 saturated heterocycles. The van der Waals surface area contributed by atoms with Crippen LogP contribution in [0, 0.1) is 4.91 Å². The van der Waals surface area contributed by atoms with Gasteiger partial charge in [0.15, 0.2) is 0 Å². The van der Waals surface area contributed by atoms with E-state index in [1.165, 1.54) is 0 Å². The highest BCUT2D eigenvalue weighted by atomic mass is 16.3. The van der Waals surface area contributed by atoms with E-state index in [2.05, 4.69) is 10.6 Å². The summed E-state index contributed by atoms with van der Waals surface area (Å²) in [5.41, 5.74) is 0. The lowest BCUT2D eigenvalue weighted by Crippen LogP contribution is -2.48. The fraction of sp³-hybridized carbons (Fsp3) is 0.500. The molecule has 0 spiro atoms. The van der Waals surface area contributed by atoms with Crippen LogP contribution in [0.2, 0.25) is 0 Å². The minimum absolute atomic E-state index is 0.134. The van der Waals surface area contributed by atoms with Gasteiger partial charge < -0.3 is 5.32 Å². The summed E-state index contributed by atoms with van der Waals surface area (Å²) in [7, 11) is 0. The first kappa shape index (κ1) is 6.66. The van der Waals surface area contributed by atoms with E-state index in [9.17, 15) is 14.5 Å². The lowest BCUT2D eigenvalue weighted by Gasteiger charge is -2.17. The second-order valence-electron chi connectivity index (χ2n) is 1.81. The molecule has 1 N–H and O–H groups in total. The predicted molar refractivity (Wildman–Crippen MR) is 30.5 cm³/mol. The van der Waals surface area contributed by atoms with Crippen molar-refractivity contribution in [2.75, 3.05) is 13.1 Å². The van der Waals surface area contributed by atoms with Gasteiger partial charge in [-0.05, 0) is 0 Å². The van der Waals surface area contributed by atoms with Gasteiger partial charge in [-0.15, -0.1) is 4.91 Å². The molecule has 0 aromatic carbocycles. The summed E-state index contributed by atoms with van der Waals surface area (Å²) in [6.45, 7) is -0.396. The van der Waals surface area contributed by atoms with Crippen LogP contribution >= 0.6 is 0 Å². The first-order valence-corrected chi connectivity index (χ1v) is 2.64. The highest BCUT2D eigenvalue weighted by Crippen LogP contribution is 1.93. The summed E-state index contributed by atoms with van der Waals surface area (Å²) in [5, 5.41) is 5.22. The second kappa shape index (κ2) is 2.42. The van der Waals surface area contributed by atoms with Crippen LogP contribution in [-0.2, 0) is 9.59 Å². The molecule has 0 aromatic rings. The van der Waals surface area contributed by atoms with Crippen LogP contribution in [0.15, 0.2) is 5.29 Å². The molecular formula is C4H5N3O3. The number of carbonyl (C=O) groups is 2. The summed E-state index contributed by atoms with van der Waals surface area (Å²) in [6.07, 6.45) is 0. The molecule has 0 saturated carbocycles. The molecule has 10 heavy (non-hydrogen) atoms. The molecule has 1 heterocycles. The van der Waals surface area contributed by atoms with Crippen LogP contribution in [0.5, 0.6) is 0 Å². The second-order valence-corrected chi connectivity index (χ2v) is 1.81. The first-order chi connectivity index (χ1) is 4.74. The predicted octanol–water partition coefficient (Wildman–Crippen LogP) is -1.37. The lowest BCUT2D eigenvalue weighted by molar-refractivity contribution is -0.140. The lowest BCUT2D eigenvalue weighted by atomic mass is 10.4. The molecule has 1 rings (SSSR count). The van der Waals surface area contributed by atoms with Crippen LogP contribution in [0.4, 0.5) is 0 Å². The molecule has 1 fully saturated rings. The minimum atomic E-state index is -0.477. The molecule has 0 unspecified atom stereocenters. The standard InChI is InChI=1S/C4H5N3O3/c8-3-2-7(6-10)4(9)1-5-3/h1-2H2,(H,5,8). The van der Waals surface area contributed by atoms with Crippen molar-refractivity contribution in [3.05, 3.63) is 4.91 Å². The number of rotatable bonds is 1. The fourth-order valence-corrected chi connectivity index (χ4v) is 0.620. The number of nitrogens with one attached hydrogen (secondary N) is 1. The van der Waals surface area contributed by atoms with Gasteiger partial charge in [-0.3, -0.25) is 9.59 Å². The van der Waals surface area contributed by atoms with Gasteiger partial charge >= 0.3 is 0 Å². The van der Waals surface area contributed by atoms with Crippen LogP contribution in [0.1, 0.15) is 0 Å². The van der Waals surface area contributed by atoms with Gasteiger partial charge in [0.05, 0.1) is 11.8 Å². The van der Waals surface area contributed by atoms with Crippen molar-refractivity contribution in [2.24, 2.45) is 5.29 Å². The Balaban J connectivity index is 2.62. The van der Waals surface area contributed by atoms with Crippen molar-refractivity contribution in [3.63, 3.8) is 0 Å². The van der Waals surface area contributed by atoms with E-state index in [0.717, 1.165) is 0 Å². The molecule has 54 valence electrons. The van der Waals surface area contributed by atoms with Crippen LogP contribution in [0.3, 0.4) is 0 Å². The molecule has 0 radical (unpaired) electrons. The Labute approximate surface area is 56.1 Å². The number of nitroso groups, excluding NO2 is 1. The third-order valence-corrected chi connectivity index (χ3v) is 1.12. The summed E-state index contributed by atoms with van der Waals surface area (Å²) in [6, 6.07) is 0. The molecule has 6 nitrogen and oxygen atoms in total. The Hall–Kier alpha value is -1.46. The number of hydrogen-bond acceptors (Lipinski definition) is 4. The number of carbonyl (C=O) groups excluding carboxylic acids is 2. The van der Waals surface area contributed by atoms with E-state index in [1.54, 1.807) is 0 Å². The zero-order chi connectivity index (χ0) is 7.56. The molecule has 6 heteroatoms. The maximum absolute atomic E-state index is 10.6. The molecule has 0 aromatic heterocycles. The first-order valence-electron chi connectivity index (χ1n) is 2.64. The SMILES string of the molecule is O=NN1CC(=O)NCC1=O. The maximum atomic E-state index is 10.6. The van der Waals surface area contributed by atoms with Gasteiger partial charge in [-0.1, -0.05) is 0 Å². The van der Waals surface area contributed by atoms with E-state index in [1.807, 2.05) is 0 Å². The molecule has 0 bridgehead atoms. The van der Waals surface area contributed by atoms with Gasteiger partial charge in [0.25, 0.3) is 5.91 Å². The summed E-state index contributed by atoms with van der Waals surface area (Å²) in [5.74, 6) is -0.839. The molecule has 1 aliphatic heterocycles. The minimum Gasteiger partial charge on any atom is -0.345 e. The van der Waals surface area contributed by atoms with Crippen molar-refractivity contribution in [1.82, 2.24) is 10.3 Å². The Kier molecular flexibility index (Phi) is 1.61. The van der Waals surface area contributed by atoms with E-state index in [-0.39, 0.29) is 19.0 Å². The molecule has 2 amide bonds. The third-order valence-electron chi connectivity index (χ3n) is 1.12. The smallest absolute Gasteiger partial charge is 0.265 e. The van der Waals surface area contributed by atoms with Gasteiger partial charge in [0.1, 0.15) is 6.54 Å². The quantitative estimate of drug-likeness (QED) is 0.460. The number of piperazine rings is 1. The Morgan fingerprint density at radius 2 is 2.20 bits per heavy atom. The van der Waals surface area contributed by atoms with Gasteiger partial charge in [-0.2, -0.15) is 5.01 Å². The topological polar surface area (TPSA) is 78.8 Å². The summed E-state index contributed by atoms with van der Waals surface area (Å²) < 4.78 is 0. The monoisotopic (exact) mass is 143 g/mol. The van der Waals surface area contributed by atoms with Gasteiger partial charge in [0.2, 0.25) is 5.91 Å². The van der Waals surface area contributed by atoms with Crippen LogP contribution in [0.25, 0.3) is 0 Å². The zero-order valence-corrected chi connectivity index (χ0v) is 5.03. The Bertz CT molecular complexity index is 190. The fourth-order valence-electron chi connectivity index (χ4n) is 0.620. The molecular weight excluding hydrogens is 138 g/mol. The van der Waals surface area contributed by atoms with E-state index in [4.69, 9.17) is 0 Å². The average Bonchev–Trinajstić information content (AvgIpc) is 1.94. The van der Waals surface area contributed by atoms with Crippen molar-refractivity contribution < 1.29 is 9.59 Å². The molecule has 1 aliphatic rings. The number of hydrogen-bond donors (Lipinski definition) is 1. The Morgan fingerprint density at radius 3 is 2.70 bits per heavy atom. The molecule has 0 atom stereocenters. The summed E-state index contributed by atoms with van der Waals surface area (Å²) >= 11 is 0. The highest BCUT2D eigenvalue weighted by Gasteiger charge is 2.23. The van der Waals surface area contributed by atoms with Crippen molar-refractivity contribution >= 4 is 11.8 Å². The van der Waals surface area contributed by atoms with E-state index >= 15 is 0 Å². The molecule has 0 aliphatic carbocycles. The maximum Gasteiger partial charge on any atom is 0.265 e. The number of nitrogens with zero attached hydrogens (tertiary/aromatic N) is 2. The summed E-state index contributed by atoms with van der Waals surface area (Å²) in [4.78, 5) is 30.9. The largest absolute Gasteiger partial charge is 0.345 e. The third kappa shape index (κ3) is 1.09. The van der Waals surface area contributed by atoms with E-state index < -0.39 is 5.91 Å². The van der Waals surface area contributed by atoms with Crippen LogP contribution < -0.4 is 5.32 Å². The average molecular weight is 143 g/mol. The van der Waals surface area contributed by atoms with Gasteiger partial charge in [0, 0.05) is 0 Å². The van der Waals surface area contributed by atoms with Crippen molar-refractivity contribution in [1.29, 1.82) is 0 Å². The number of amides is 2.